The predicted molar refractivity (Wildman–Crippen MR) is 107 cm³/mol. The van der Waals surface area contributed by atoms with Gasteiger partial charge in [0.15, 0.2) is 0 Å². The number of nitrogens with zero attached hydrogens (tertiary/aromatic N) is 1. The third-order valence-electron chi connectivity index (χ3n) is 6.09. The minimum absolute atomic E-state index is 0.0377. The van der Waals surface area contributed by atoms with Gasteiger partial charge in [-0.2, -0.15) is 0 Å². The van der Waals surface area contributed by atoms with E-state index in [2.05, 4.69) is 18.3 Å². The van der Waals surface area contributed by atoms with E-state index in [1.165, 1.54) is 0 Å². The second-order valence-electron chi connectivity index (χ2n) is 8.06. The molecule has 0 spiro atoms. The number of rotatable bonds is 6. The Bertz CT molecular complexity index is 674. The van der Waals surface area contributed by atoms with Gasteiger partial charge >= 0.3 is 0 Å². The van der Waals surface area contributed by atoms with Gasteiger partial charge in [-0.3, -0.25) is 9.59 Å². The fraction of sp³-hybridized carbons (Fsp3) is 0.636. The van der Waals surface area contributed by atoms with Crippen LogP contribution in [0.4, 0.5) is 5.69 Å². The zero-order valence-electron chi connectivity index (χ0n) is 16.7. The fourth-order valence-corrected chi connectivity index (χ4v) is 4.51. The minimum atomic E-state index is -0.186. The van der Waals surface area contributed by atoms with Gasteiger partial charge in [-0.1, -0.05) is 38.0 Å². The van der Waals surface area contributed by atoms with Crippen LogP contribution in [-0.2, 0) is 20.7 Å². The Morgan fingerprint density at radius 3 is 2.52 bits per heavy atom. The lowest BCUT2D eigenvalue weighted by atomic mass is 9.78. The highest BCUT2D eigenvalue weighted by Gasteiger charge is 2.39. The zero-order chi connectivity index (χ0) is 19.3. The molecule has 1 aliphatic heterocycles. The number of anilines is 1. The first-order chi connectivity index (χ1) is 13.0. The van der Waals surface area contributed by atoms with Gasteiger partial charge < -0.3 is 15.0 Å². The van der Waals surface area contributed by atoms with E-state index in [4.69, 9.17) is 4.74 Å². The highest BCUT2D eigenvalue weighted by Crippen LogP contribution is 2.44. The van der Waals surface area contributed by atoms with Crippen LogP contribution in [0.5, 0.6) is 0 Å². The van der Waals surface area contributed by atoms with Crippen LogP contribution in [0, 0.1) is 12.3 Å². The van der Waals surface area contributed by atoms with E-state index < -0.39 is 0 Å². The number of amides is 2. The molecule has 0 atom stereocenters. The third kappa shape index (κ3) is 4.89. The molecule has 2 amide bonds. The van der Waals surface area contributed by atoms with Crippen molar-refractivity contribution in [3.8, 4) is 0 Å². The second kappa shape index (κ2) is 8.87. The summed E-state index contributed by atoms with van der Waals surface area (Å²) in [5, 5.41) is 3.15. The number of nitrogens with one attached hydrogen (secondary N) is 1. The molecule has 0 aromatic heterocycles. The van der Waals surface area contributed by atoms with Crippen molar-refractivity contribution in [3.05, 3.63) is 29.3 Å². The molecule has 1 N–H and O–H groups in total. The molecule has 1 aliphatic carbocycles. The maximum atomic E-state index is 12.9. The molecule has 1 saturated heterocycles. The minimum Gasteiger partial charge on any atom is -0.378 e. The SMILES string of the molecule is CCc1cccc(C)c1NC(=O)CC1(CC(=O)N2CCOCC2)CCCC1. The molecule has 1 aromatic rings. The van der Waals surface area contributed by atoms with Crippen molar-refractivity contribution in [3.63, 3.8) is 0 Å². The maximum Gasteiger partial charge on any atom is 0.224 e. The predicted octanol–water partition coefficient (Wildman–Crippen LogP) is 3.70. The molecule has 2 fully saturated rings. The van der Waals surface area contributed by atoms with Crippen LogP contribution in [0.2, 0.25) is 0 Å². The van der Waals surface area contributed by atoms with Gasteiger partial charge in [0.05, 0.1) is 13.2 Å². The first-order valence-electron chi connectivity index (χ1n) is 10.3. The molecule has 0 unspecified atom stereocenters. The number of aryl methyl sites for hydroxylation is 2. The molecule has 5 nitrogen and oxygen atoms in total. The van der Waals surface area contributed by atoms with Gasteiger partial charge in [-0.15, -0.1) is 0 Å². The first-order valence-corrected chi connectivity index (χ1v) is 10.3. The van der Waals surface area contributed by atoms with Gasteiger partial charge in [-0.05, 0) is 42.7 Å². The molecule has 1 heterocycles. The van der Waals surface area contributed by atoms with Crippen molar-refractivity contribution in [2.24, 2.45) is 5.41 Å². The van der Waals surface area contributed by atoms with Crippen LogP contribution in [0.1, 0.15) is 56.6 Å². The Kier molecular flexibility index (Phi) is 6.53. The maximum absolute atomic E-state index is 12.9. The lowest BCUT2D eigenvalue weighted by Gasteiger charge is -2.33. The Morgan fingerprint density at radius 1 is 1.15 bits per heavy atom. The summed E-state index contributed by atoms with van der Waals surface area (Å²) in [5.74, 6) is 0.216. The van der Waals surface area contributed by atoms with E-state index in [0.717, 1.165) is 48.9 Å². The van der Waals surface area contributed by atoms with Gasteiger partial charge in [-0.25, -0.2) is 0 Å². The average Bonchev–Trinajstić information content (AvgIpc) is 3.11. The van der Waals surface area contributed by atoms with Crippen LogP contribution in [0.3, 0.4) is 0 Å². The molecule has 0 bridgehead atoms. The van der Waals surface area contributed by atoms with Crippen molar-refractivity contribution in [1.29, 1.82) is 0 Å². The molecule has 5 heteroatoms. The molecular weight excluding hydrogens is 340 g/mol. The summed E-state index contributed by atoms with van der Waals surface area (Å²) in [6.45, 7) is 6.71. The number of para-hydroxylation sites is 1. The van der Waals surface area contributed by atoms with Gasteiger partial charge in [0, 0.05) is 31.6 Å². The number of hydrogen-bond donors (Lipinski definition) is 1. The number of ether oxygens (including phenoxy) is 1. The van der Waals surface area contributed by atoms with Crippen LogP contribution in [-0.4, -0.2) is 43.0 Å². The van der Waals surface area contributed by atoms with Gasteiger partial charge in [0.25, 0.3) is 0 Å². The molecule has 2 aliphatic rings. The van der Waals surface area contributed by atoms with Crippen LogP contribution >= 0.6 is 0 Å². The van der Waals surface area contributed by atoms with Crippen LogP contribution in [0.15, 0.2) is 18.2 Å². The summed E-state index contributed by atoms with van der Waals surface area (Å²) < 4.78 is 5.35. The Morgan fingerprint density at radius 2 is 1.85 bits per heavy atom. The largest absolute Gasteiger partial charge is 0.378 e. The van der Waals surface area contributed by atoms with E-state index >= 15 is 0 Å². The topological polar surface area (TPSA) is 58.6 Å². The number of carbonyl (C=O) groups excluding carboxylic acids is 2. The number of benzene rings is 1. The molecule has 27 heavy (non-hydrogen) atoms. The summed E-state index contributed by atoms with van der Waals surface area (Å²) in [5.41, 5.74) is 3.01. The Labute approximate surface area is 162 Å². The monoisotopic (exact) mass is 372 g/mol. The van der Waals surface area contributed by atoms with Crippen molar-refractivity contribution < 1.29 is 14.3 Å². The van der Waals surface area contributed by atoms with E-state index in [9.17, 15) is 9.59 Å². The molecule has 0 radical (unpaired) electrons. The summed E-state index contributed by atoms with van der Waals surface area (Å²) in [6.07, 6.45) is 5.94. The second-order valence-corrected chi connectivity index (χ2v) is 8.06. The number of morpholine rings is 1. The van der Waals surface area contributed by atoms with Crippen molar-refractivity contribution in [1.82, 2.24) is 4.90 Å². The average molecular weight is 373 g/mol. The van der Waals surface area contributed by atoms with E-state index in [1.807, 2.05) is 24.0 Å². The van der Waals surface area contributed by atoms with Gasteiger partial charge in [0.1, 0.15) is 0 Å². The molecule has 1 aromatic carbocycles. The molecule has 1 saturated carbocycles. The summed E-state index contributed by atoms with van der Waals surface area (Å²) >= 11 is 0. The molecule has 148 valence electrons. The third-order valence-corrected chi connectivity index (χ3v) is 6.09. The van der Waals surface area contributed by atoms with Gasteiger partial charge in [0.2, 0.25) is 11.8 Å². The fourth-order valence-electron chi connectivity index (χ4n) is 4.51. The standard InChI is InChI=1S/C22H32N2O3/c1-3-18-8-6-7-17(2)21(18)23-19(25)15-22(9-4-5-10-22)16-20(26)24-11-13-27-14-12-24/h6-8H,3-5,9-16H2,1-2H3,(H,23,25). The van der Waals surface area contributed by atoms with Crippen LogP contribution < -0.4 is 5.32 Å². The van der Waals surface area contributed by atoms with E-state index in [0.29, 0.717) is 39.1 Å². The summed E-state index contributed by atoms with van der Waals surface area (Å²) in [7, 11) is 0. The van der Waals surface area contributed by atoms with Crippen molar-refractivity contribution in [2.45, 2.75) is 58.8 Å². The number of carbonyl (C=O) groups is 2. The van der Waals surface area contributed by atoms with E-state index in [1.54, 1.807) is 0 Å². The molecular formula is C22H32N2O3. The molecule has 3 rings (SSSR count). The lowest BCUT2D eigenvalue weighted by molar-refractivity contribution is -0.138. The smallest absolute Gasteiger partial charge is 0.224 e. The van der Waals surface area contributed by atoms with Crippen molar-refractivity contribution >= 4 is 17.5 Å². The normalized spacial score (nSPS) is 19.1. The quantitative estimate of drug-likeness (QED) is 0.828. The Hall–Kier alpha value is -1.88. The van der Waals surface area contributed by atoms with E-state index in [-0.39, 0.29) is 17.2 Å². The highest BCUT2D eigenvalue weighted by atomic mass is 16.5. The Balaban J connectivity index is 1.67. The first kappa shape index (κ1) is 19.9. The van der Waals surface area contributed by atoms with Crippen molar-refractivity contribution in [2.75, 3.05) is 31.6 Å². The summed E-state index contributed by atoms with van der Waals surface area (Å²) in [4.78, 5) is 27.6. The zero-order valence-corrected chi connectivity index (χ0v) is 16.7. The lowest BCUT2D eigenvalue weighted by Crippen LogP contribution is -2.43. The number of hydrogen-bond acceptors (Lipinski definition) is 3. The van der Waals surface area contributed by atoms with Crippen LogP contribution in [0.25, 0.3) is 0 Å². The summed E-state index contributed by atoms with van der Waals surface area (Å²) in [6, 6.07) is 6.13. The highest BCUT2D eigenvalue weighted by molar-refractivity contribution is 5.93.